The monoisotopic (exact) mass is 681 g/mol. The molecule has 48 heavy (non-hydrogen) atoms. The van der Waals surface area contributed by atoms with Gasteiger partial charge in [-0.3, -0.25) is 10.1 Å². The fourth-order valence-electron chi connectivity index (χ4n) is 5.31. The number of aromatic nitrogens is 4. The second kappa shape index (κ2) is 14.3. The molecule has 5 rings (SSSR count). The van der Waals surface area contributed by atoms with Crippen LogP contribution in [0.4, 0.5) is 17.3 Å². The molecule has 2 fully saturated rings. The fraction of sp³-hybridized carbons (Fsp3) is 0.538. The fourth-order valence-corrected chi connectivity index (χ4v) is 5.31. The number of aliphatic hydroxyl groups is 5. The minimum Gasteiger partial charge on any atom is -0.388 e. The maximum Gasteiger partial charge on any atom is 0.381 e. The number of aliphatic hydroxyl groups excluding tert-OH is 5. The molecule has 2 saturated heterocycles. The standard InChI is InChI=1S/C26H31N7O15/c1-12-2-3-13(4-14(12)31(39)40)9-45-25-23(38)21(36)24(16(47-25)6-30-8-18(28-11-30)33(43)44)48-26-22(37)20(35)19(34)15(46-26)5-29-7-17(27-10-29)32(41)42/h2-4,7-8,10-11,15-16,19-26,34-38H,5-6,9H2,1H3/t15-,16-,19-,20+,21-,22-,23-,24-,25-,26-/m1/s1. The third-order valence-corrected chi connectivity index (χ3v) is 7.88. The molecule has 260 valence electrons. The minimum atomic E-state index is -1.90. The molecule has 0 saturated carbocycles. The molecule has 2 aliphatic rings. The van der Waals surface area contributed by atoms with E-state index < -0.39 is 87.8 Å². The Balaban J connectivity index is 1.36. The van der Waals surface area contributed by atoms with Crippen LogP contribution < -0.4 is 0 Å². The number of benzene rings is 1. The van der Waals surface area contributed by atoms with Crippen LogP contribution in [0.2, 0.25) is 0 Å². The first kappa shape index (κ1) is 34.8. The van der Waals surface area contributed by atoms with Gasteiger partial charge in [0.05, 0.1) is 24.6 Å². The number of hydrogen-bond acceptors (Lipinski definition) is 17. The Kier molecular flexibility index (Phi) is 10.4. The Labute approximate surface area is 268 Å². The molecular formula is C26H31N7O15. The Bertz CT molecular complexity index is 1630. The lowest BCUT2D eigenvalue weighted by molar-refractivity contribution is -0.389. The van der Waals surface area contributed by atoms with Crippen LogP contribution in [0, 0.1) is 37.3 Å². The minimum absolute atomic E-state index is 0.169. The number of ether oxygens (including phenoxy) is 4. The van der Waals surface area contributed by atoms with Crippen molar-refractivity contribution in [2.45, 2.75) is 88.0 Å². The first-order valence-corrected chi connectivity index (χ1v) is 14.3. The Morgan fingerprint density at radius 1 is 0.771 bits per heavy atom. The molecule has 2 aliphatic heterocycles. The van der Waals surface area contributed by atoms with Crippen molar-refractivity contribution >= 4 is 17.3 Å². The predicted molar refractivity (Wildman–Crippen MR) is 153 cm³/mol. The van der Waals surface area contributed by atoms with E-state index in [1.54, 1.807) is 13.0 Å². The van der Waals surface area contributed by atoms with Crippen LogP contribution in [0.25, 0.3) is 0 Å². The molecule has 3 aromatic rings. The van der Waals surface area contributed by atoms with Gasteiger partial charge in [-0.1, -0.05) is 12.1 Å². The molecule has 0 amide bonds. The zero-order valence-electron chi connectivity index (χ0n) is 24.9. The first-order valence-electron chi connectivity index (χ1n) is 14.3. The summed E-state index contributed by atoms with van der Waals surface area (Å²) in [5.74, 6) is -1.01. The van der Waals surface area contributed by atoms with Crippen LogP contribution in [-0.2, 0) is 38.6 Å². The lowest BCUT2D eigenvalue weighted by Crippen LogP contribution is -2.64. The smallest absolute Gasteiger partial charge is 0.381 e. The van der Waals surface area contributed by atoms with Gasteiger partial charge in [-0.25, -0.2) is 0 Å². The number of hydrogen-bond donors (Lipinski definition) is 5. The summed E-state index contributed by atoms with van der Waals surface area (Å²) in [4.78, 5) is 38.8. The lowest BCUT2D eigenvalue weighted by Gasteiger charge is -2.46. The molecule has 0 unspecified atom stereocenters. The number of rotatable bonds is 12. The summed E-state index contributed by atoms with van der Waals surface area (Å²) in [7, 11) is 0. The number of nitro groups is 3. The van der Waals surface area contributed by atoms with Crippen LogP contribution in [0.3, 0.4) is 0 Å². The quantitative estimate of drug-likeness (QED) is 0.109. The zero-order valence-corrected chi connectivity index (χ0v) is 24.9. The van der Waals surface area contributed by atoms with Crippen LogP contribution in [0.5, 0.6) is 0 Å². The van der Waals surface area contributed by atoms with E-state index in [9.17, 15) is 55.9 Å². The molecule has 0 bridgehead atoms. The van der Waals surface area contributed by atoms with Crippen molar-refractivity contribution < 1.29 is 59.3 Å². The summed E-state index contributed by atoms with van der Waals surface area (Å²) in [5, 5.41) is 87.6. The van der Waals surface area contributed by atoms with Crippen molar-refractivity contribution in [2.75, 3.05) is 0 Å². The third-order valence-electron chi connectivity index (χ3n) is 7.88. The highest BCUT2D eigenvalue weighted by atomic mass is 16.7. The van der Waals surface area contributed by atoms with Gasteiger partial charge in [0.25, 0.3) is 5.69 Å². The number of nitro benzene ring substituents is 1. The molecule has 1 aromatic carbocycles. The molecule has 5 N–H and O–H groups in total. The summed E-state index contributed by atoms with van der Waals surface area (Å²) in [6.07, 6.45) is -12.3. The van der Waals surface area contributed by atoms with Gasteiger partial charge in [-0.2, -0.15) is 0 Å². The van der Waals surface area contributed by atoms with Gasteiger partial charge in [-0.05, 0) is 32.3 Å². The highest BCUT2D eigenvalue weighted by Crippen LogP contribution is 2.32. The second-order valence-electron chi connectivity index (χ2n) is 11.2. The molecule has 0 aliphatic carbocycles. The Hall–Kier alpha value is -4.52. The summed E-state index contributed by atoms with van der Waals surface area (Å²) in [6.45, 7) is 0.679. The van der Waals surface area contributed by atoms with Crippen LogP contribution in [0.15, 0.2) is 43.2 Å². The normalized spacial score (nSPS) is 30.6. The molecular weight excluding hydrogens is 650 g/mol. The van der Waals surface area contributed by atoms with Crippen molar-refractivity contribution in [3.05, 3.63) is 84.7 Å². The zero-order chi connectivity index (χ0) is 34.9. The summed E-state index contributed by atoms with van der Waals surface area (Å²) in [6, 6.07) is 4.33. The molecule has 10 atom stereocenters. The van der Waals surface area contributed by atoms with E-state index in [4.69, 9.17) is 18.9 Å². The molecule has 2 aromatic heterocycles. The topological polar surface area (TPSA) is 303 Å². The van der Waals surface area contributed by atoms with E-state index in [0.717, 1.165) is 25.0 Å². The summed E-state index contributed by atoms with van der Waals surface area (Å²) in [5.41, 5.74) is 0.580. The van der Waals surface area contributed by atoms with Crippen LogP contribution in [-0.4, -0.2) is 121 Å². The number of nitrogens with zero attached hydrogens (tertiary/aromatic N) is 7. The average Bonchev–Trinajstić information content (AvgIpc) is 3.72. The van der Waals surface area contributed by atoms with E-state index >= 15 is 0 Å². The van der Waals surface area contributed by atoms with Crippen molar-refractivity contribution in [1.29, 1.82) is 0 Å². The number of aryl methyl sites for hydroxylation is 1. The van der Waals surface area contributed by atoms with E-state index in [1.807, 2.05) is 0 Å². The van der Waals surface area contributed by atoms with Crippen molar-refractivity contribution in [3.63, 3.8) is 0 Å². The summed E-state index contributed by atoms with van der Waals surface area (Å²) >= 11 is 0. The van der Waals surface area contributed by atoms with Crippen molar-refractivity contribution in [3.8, 4) is 0 Å². The van der Waals surface area contributed by atoms with Gasteiger partial charge in [0, 0.05) is 11.6 Å². The Morgan fingerprint density at radius 3 is 1.90 bits per heavy atom. The molecule has 22 heteroatoms. The number of imidazole rings is 2. The van der Waals surface area contributed by atoms with E-state index in [2.05, 4.69) is 9.97 Å². The predicted octanol–water partition coefficient (Wildman–Crippen LogP) is -1.33. The molecule has 22 nitrogen and oxygen atoms in total. The van der Waals surface area contributed by atoms with Gasteiger partial charge in [0.2, 0.25) is 12.7 Å². The molecule has 4 heterocycles. The summed E-state index contributed by atoms with van der Waals surface area (Å²) < 4.78 is 25.6. The van der Waals surface area contributed by atoms with Gasteiger partial charge < -0.3 is 73.8 Å². The maximum absolute atomic E-state index is 11.4. The third kappa shape index (κ3) is 7.46. The SMILES string of the molecule is Cc1ccc(CO[C@@H]2O[C@H](Cn3cnc([N+](=O)[O-])c3)[C@@H](O[C@H]3O[C@H](Cn4cnc([N+](=O)[O-])c4)[C@@H](O)[C@H](O)[C@H]3O)[C@H](O)[C@H]2O)cc1[N+](=O)[O-]. The lowest BCUT2D eigenvalue weighted by atomic mass is 9.96. The molecule has 0 spiro atoms. The van der Waals surface area contributed by atoms with Crippen molar-refractivity contribution in [2.24, 2.45) is 0 Å². The van der Waals surface area contributed by atoms with Crippen LogP contribution in [0.1, 0.15) is 11.1 Å². The van der Waals surface area contributed by atoms with Gasteiger partial charge in [0.15, 0.2) is 12.6 Å². The van der Waals surface area contributed by atoms with Gasteiger partial charge in [-0.15, -0.1) is 0 Å². The first-order chi connectivity index (χ1) is 22.7. The largest absolute Gasteiger partial charge is 0.388 e. The van der Waals surface area contributed by atoms with E-state index in [0.29, 0.717) is 11.1 Å². The highest BCUT2D eigenvalue weighted by molar-refractivity contribution is 5.42. The Morgan fingerprint density at radius 2 is 1.33 bits per heavy atom. The second-order valence-corrected chi connectivity index (χ2v) is 11.2. The van der Waals surface area contributed by atoms with E-state index in [-0.39, 0.29) is 25.4 Å². The van der Waals surface area contributed by atoms with E-state index in [1.165, 1.54) is 21.3 Å². The van der Waals surface area contributed by atoms with Crippen molar-refractivity contribution in [1.82, 2.24) is 19.1 Å². The van der Waals surface area contributed by atoms with Crippen LogP contribution >= 0.6 is 0 Å². The van der Waals surface area contributed by atoms with Gasteiger partial charge in [0.1, 0.15) is 61.2 Å². The molecule has 0 radical (unpaired) electrons. The van der Waals surface area contributed by atoms with Gasteiger partial charge >= 0.3 is 11.6 Å². The maximum atomic E-state index is 11.4. The highest BCUT2D eigenvalue weighted by Gasteiger charge is 2.51. The average molecular weight is 682 g/mol.